The summed E-state index contributed by atoms with van der Waals surface area (Å²) in [5.41, 5.74) is 6.33. The second kappa shape index (κ2) is 9.03. The van der Waals surface area contributed by atoms with Crippen LogP contribution in [0.15, 0.2) is 0 Å². The van der Waals surface area contributed by atoms with Gasteiger partial charge in [-0.15, -0.1) is 23.2 Å². The molecule has 1 amide bonds. The zero-order valence-corrected chi connectivity index (χ0v) is 16.4. The summed E-state index contributed by atoms with van der Waals surface area (Å²) in [5.74, 6) is -0.964. The van der Waals surface area contributed by atoms with Crippen LogP contribution in [0.4, 0.5) is 0 Å². The fourth-order valence-corrected chi connectivity index (χ4v) is 4.48. The molecule has 2 heterocycles. The number of hydrogen-bond acceptors (Lipinski definition) is 7. The average molecular weight is 408 g/mol. The fourth-order valence-electron chi connectivity index (χ4n) is 3.89. The fraction of sp³-hybridized carbons (Fsp3) is 0.875. The van der Waals surface area contributed by atoms with E-state index in [9.17, 15) is 9.59 Å². The smallest absolute Gasteiger partial charge is 0.310 e. The molecule has 3 fully saturated rings. The molecule has 26 heavy (non-hydrogen) atoms. The number of hydrogen-bond donors (Lipinski definition) is 4. The van der Waals surface area contributed by atoms with Crippen molar-refractivity contribution in [1.29, 1.82) is 0 Å². The van der Waals surface area contributed by atoms with Crippen LogP contribution in [0.25, 0.3) is 0 Å². The number of ether oxygens (including phenoxy) is 1. The summed E-state index contributed by atoms with van der Waals surface area (Å²) in [6.45, 7) is 2.84. The van der Waals surface area contributed by atoms with Gasteiger partial charge >= 0.3 is 5.97 Å². The van der Waals surface area contributed by atoms with Gasteiger partial charge < -0.3 is 15.4 Å². The molecule has 1 aliphatic carbocycles. The van der Waals surface area contributed by atoms with Crippen molar-refractivity contribution >= 4 is 35.1 Å². The van der Waals surface area contributed by atoms with Gasteiger partial charge in [0.15, 0.2) is 0 Å². The van der Waals surface area contributed by atoms with Crippen LogP contribution < -0.4 is 21.5 Å². The maximum atomic E-state index is 12.7. The zero-order chi connectivity index (χ0) is 18.7. The Morgan fingerprint density at radius 3 is 2.54 bits per heavy atom. The molecule has 0 aromatic heterocycles. The van der Waals surface area contributed by atoms with E-state index in [-0.39, 0.29) is 40.9 Å². The third kappa shape index (κ3) is 4.61. The molecule has 1 saturated carbocycles. The van der Waals surface area contributed by atoms with Gasteiger partial charge in [0.05, 0.1) is 29.9 Å². The van der Waals surface area contributed by atoms with Crippen LogP contribution in [0.3, 0.4) is 0 Å². The van der Waals surface area contributed by atoms with Crippen molar-refractivity contribution in [3.63, 3.8) is 0 Å². The summed E-state index contributed by atoms with van der Waals surface area (Å²) in [6, 6.07) is -0.711. The molecule has 0 bridgehead atoms. The normalized spacial score (nSPS) is 38.7. The molecule has 6 atom stereocenters. The lowest BCUT2D eigenvalue weighted by molar-refractivity contribution is -0.147. The van der Waals surface area contributed by atoms with Crippen molar-refractivity contribution in [3.8, 4) is 0 Å². The minimum Gasteiger partial charge on any atom is -0.469 e. The number of amides is 1. The molecule has 148 valence electrons. The number of hydrazine groups is 1. The Balaban J connectivity index is 1.53. The maximum Gasteiger partial charge on any atom is 0.310 e. The Bertz CT molecular complexity index is 512. The Hall–Kier alpha value is -0.640. The first-order valence-corrected chi connectivity index (χ1v) is 9.99. The van der Waals surface area contributed by atoms with Crippen LogP contribution in [0, 0.1) is 5.92 Å². The van der Waals surface area contributed by atoms with E-state index in [1.807, 2.05) is 0 Å². The number of nitrogens with zero attached hydrogens (tertiary/aromatic N) is 1. The second-order valence-electron chi connectivity index (χ2n) is 7.15. The minimum atomic E-state index is -0.471. The third-order valence-corrected chi connectivity index (χ3v) is 6.56. The first kappa shape index (κ1) is 20.1. The average Bonchev–Trinajstić information content (AvgIpc) is 3.18. The van der Waals surface area contributed by atoms with Crippen LogP contribution in [-0.2, 0) is 14.3 Å². The van der Waals surface area contributed by atoms with E-state index >= 15 is 0 Å². The van der Waals surface area contributed by atoms with Gasteiger partial charge in [0.2, 0.25) is 5.91 Å². The van der Waals surface area contributed by atoms with Crippen molar-refractivity contribution < 1.29 is 14.3 Å². The molecule has 10 heteroatoms. The van der Waals surface area contributed by atoms with Crippen molar-refractivity contribution in [2.24, 2.45) is 5.92 Å². The highest BCUT2D eigenvalue weighted by atomic mass is 35.5. The number of esters is 1. The molecule has 0 radical (unpaired) electrons. The van der Waals surface area contributed by atoms with Gasteiger partial charge in [0.1, 0.15) is 6.04 Å². The number of rotatable bonds is 4. The van der Waals surface area contributed by atoms with Gasteiger partial charge in [-0.3, -0.25) is 14.5 Å². The van der Waals surface area contributed by atoms with E-state index in [4.69, 9.17) is 27.9 Å². The zero-order valence-electron chi connectivity index (χ0n) is 14.8. The van der Waals surface area contributed by atoms with Crippen molar-refractivity contribution in [3.05, 3.63) is 0 Å². The van der Waals surface area contributed by atoms with Gasteiger partial charge in [-0.05, 0) is 25.7 Å². The van der Waals surface area contributed by atoms with E-state index in [1.165, 1.54) is 7.11 Å². The molecular weight excluding hydrogens is 381 g/mol. The van der Waals surface area contributed by atoms with Crippen LogP contribution in [-0.4, -0.2) is 72.6 Å². The van der Waals surface area contributed by atoms with Gasteiger partial charge in [-0.2, -0.15) is 0 Å². The number of nitrogens with one attached hydrogen (secondary N) is 4. The standard InChI is InChI=1S/C16H27Cl2N5O3/c1-26-16(25)9-6-10(17)11(18)7-13(9)20-15(24)12-2-3-14(22-21-12)23-5-4-19-8-23/h9-14,19,21-22H,2-8H2,1H3,(H,20,24). The SMILES string of the molecule is COC(=O)C1CC(Cl)C(Cl)CC1NC(=O)C1CCC(N2CCNC2)NN1. The van der Waals surface area contributed by atoms with E-state index in [0.29, 0.717) is 12.8 Å². The maximum absolute atomic E-state index is 12.7. The minimum absolute atomic E-state index is 0.133. The van der Waals surface area contributed by atoms with Crippen molar-refractivity contribution in [2.75, 3.05) is 26.9 Å². The monoisotopic (exact) mass is 407 g/mol. The molecule has 0 spiro atoms. The van der Waals surface area contributed by atoms with Gasteiger partial charge in [0.25, 0.3) is 0 Å². The summed E-state index contributed by atoms with van der Waals surface area (Å²) in [5, 5.41) is 5.68. The van der Waals surface area contributed by atoms with Gasteiger partial charge in [-0.25, -0.2) is 10.9 Å². The predicted molar refractivity (Wildman–Crippen MR) is 98.6 cm³/mol. The molecule has 3 rings (SSSR count). The molecule has 8 nitrogen and oxygen atoms in total. The highest BCUT2D eigenvalue weighted by molar-refractivity contribution is 6.30. The number of carbonyl (C=O) groups is 2. The van der Waals surface area contributed by atoms with Crippen LogP contribution in [0.1, 0.15) is 25.7 Å². The Labute approximate surface area is 163 Å². The van der Waals surface area contributed by atoms with E-state index < -0.39 is 5.92 Å². The Morgan fingerprint density at radius 1 is 1.15 bits per heavy atom. The molecule has 0 aromatic carbocycles. The van der Waals surface area contributed by atoms with Gasteiger partial charge in [0, 0.05) is 25.8 Å². The summed E-state index contributed by atoms with van der Waals surface area (Å²) < 4.78 is 4.87. The summed E-state index contributed by atoms with van der Waals surface area (Å²) in [4.78, 5) is 27.0. The van der Waals surface area contributed by atoms with Crippen molar-refractivity contribution in [2.45, 2.75) is 54.7 Å². The number of alkyl halides is 2. The van der Waals surface area contributed by atoms with E-state index in [0.717, 1.165) is 32.6 Å². The van der Waals surface area contributed by atoms with Crippen LogP contribution >= 0.6 is 23.2 Å². The molecule has 6 unspecified atom stereocenters. The quantitative estimate of drug-likeness (QED) is 0.375. The number of halogens is 2. The summed E-state index contributed by atoms with van der Waals surface area (Å²) >= 11 is 12.5. The molecule has 4 N–H and O–H groups in total. The highest BCUT2D eigenvalue weighted by Crippen LogP contribution is 2.33. The molecule has 3 aliphatic rings. The first-order chi connectivity index (χ1) is 12.5. The summed E-state index contributed by atoms with van der Waals surface area (Å²) in [7, 11) is 1.34. The molecule has 0 aromatic rings. The number of carbonyl (C=O) groups excluding carboxylic acids is 2. The first-order valence-electron chi connectivity index (χ1n) is 9.11. The van der Waals surface area contributed by atoms with E-state index in [1.54, 1.807) is 0 Å². The molecular formula is C16H27Cl2N5O3. The highest BCUT2D eigenvalue weighted by Gasteiger charge is 2.41. The summed E-state index contributed by atoms with van der Waals surface area (Å²) in [6.07, 6.45) is 2.66. The predicted octanol–water partition coefficient (Wildman–Crippen LogP) is -0.286. The van der Waals surface area contributed by atoms with Crippen LogP contribution in [0.5, 0.6) is 0 Å². The lowest BCUT2D eigenvalue weighted by Gasteiger charge is -2.38. The second-order valence-corrected chi connectivity index (χ2v) is 8.27. The molecule has 2 saturated heterocycles. The van der Waals surface area contributed by atoms with Crippen molar-refractivity contribution in [1.82, 2.24) is 26.4 Å². The topological polar surface area (TPSA) is 94.7 Å². The van der Waals surface area contributed by atoms with Gasteiger partial charge in [-0.1, -0.05) is 0 Å². The number of methoxy groups -OCH3 is 1. The van der Waals surface area contributed by atoms with E-state index in [2.05, 4.69) is 26.4 Å². The molecule has 2 aliphatic heterocycles. The lowest BCUT2D eigenvalue weighted by atomic mass is 9.83. The largest absolute Gasteiger partial charge is 0.469 e. The third-order valence-electron chi connectivity index (χ3n) is 5.47. The lowest BCUT2D eigenvalue weighted by Crippen LogP contribution is -2.63. The Kier molecular flexibility index (Phi) is 6.98. The Morgan fingerprint density at radius 2 is 1.92 bits per heavy atom. The van der Waals surface area contributed by atoms with Crippen LogP contribution in [0.2, 0.25) is 0 Å².